The van der Waals surface area contributed by atoms with Gasteiger partial charge in [0.05, 0.1) is 5.97 Å². The lowest BCUT2D eigenvalue weighted by atomic mass is 9.85. The first-order valence-electron chi connectivity index (χ1n) is 4.69. The van der Waals surface area contributed by atoms with Crippen molar-refractivity contribution in [2.24, 2.45) is 5.92 Å². The van der Waals surface area contributed by atoms with E-state index >= 15 is 0 Å². The first kappa shape index (κ1) is 9.00. The van der Waals surface area contributed by atoms with E-state index < -0.39 is 5.97 Å². The van der Waals surface area contributed by atoms with E-state index in [0.717, 1.165) is 12.0 Å². The van der Waals surface area contributed by atoms with Gasteiger partial charge in [-0.2, -0.15) is 0 Å². The van der Waals surface area contributed by atoms with E-state index in [9.17, 15) is 9.90 Å². The fraction of sp³-hybridized carbons (Fsp3) is 0.250. The Bertz CT molecular complexity index is 405. The summed E-state index contributed by atoms with van der Waals surface area (Å²) in [6.45, 7) is 1.91. The molecular weight excluding hydrogens is 176 g/mol. The third-order valence-corrected chi connectivity index (χ3v) is 2.66. The smallest absolute Gasteiger partial charge is 0.0677 e. The van der Waals surface area contributed by atoms with Gasteiger partial charge in [-0.1, -0.05) is 31.2 Å². The average Bonchev–Trinajstić information content (AvgIpc) is 2.16. The molecule has 1 aromatic carbocycles. The molecule has 1 atom stereocenters. The van der Waals surface area contributed by atoms with E-state index in [1.54, 1.807) is 6.08 Å². The van der Waals surface area contributed by atoms with E-state index in [4.69, 9.17) is 0 Å². The lowest BCUT2D eigenvalue weighted by Gasteiger charge is -2.23. The second kappa shape index (κ2) is 3.29. The van der Waals surface area contributed by atoms with Crippen LogP contribution in [-0.4, -0.2) is 5.97 Å². The van der Waals surface area contributed by atoms with E-state index in [2.05, 4.69) is 0 Å². The van der Waals surface area contributed by atoms with Crippen molar-refractivity contribution in [3.63, 3.8) is 0 Å². The van der Waals surface area contributed by atoms with Gasteiger partial charge in [0.25, 0.3) is 0 Å². The number of carbonyl (C=O) groups is 1. The number of hydrogen-bond acceptors (Lipinski definition) is 2. The number of rotatable bonds is 1. The maximum absolute atomic E-state index is 10.8. The van der Waals surface area contributed by atoms with Crippen molar-refractivity contribution in [1.29, 1.82) is 0 Å². The lowest BCUT2D eigenvalue weighted by molar-refractivity contribution is -0.299. The van der Waals surface area contributed by atoms with Crippen molar-refractivity contribution in [3.05, 3.63) is 41.0 Å². The SMILES string of the molecule is C[C@@H]1Cc2ccccc2C=C1C(=O)[O-]. The van der Waals surface area contributed by atoms with Gasteiger partial charge in [0, 0.05) is 0 Å². The zero-order valence-electron chi connectivity index (χ0n) is 7.99. The molecule has 1 aromatic rings. The van der Waals surface area contributed by atoms with Gasteiger partial charge in [-0.25, -0.2) is 0 Å². The lowest BCUT2D eigenvalue weighted by Crippen LogP contribution is -2.29. The second-order valence-corrected chi connectivity index (χ2v) is 3.69. The minimum absolute atomic E-state index is 0.0508. The molecule has 1 aliphatic rings. The first-order valence-corrected chi connectivity index (χ1v) is 4.69. The minimum Gasteiger partial charge on any atom is -0.545 e. The molecule has 2 heteroatoms. The van der Waals surface area contributed by atoms with E-state index in [0.29, 0.717) is 5.57 Å². The summed E-state index contributed by atoms with van der Waals surface area (Å²) in [4.78, 5) is 10.8. The van der Waals surface area contributed by atoms with E-state index in [1.165, 1.54) is 5.56 Å². The maximum atomic E-state index is 10.8. The van der Waals surface area contributed by atoms with Crippen LogP contribution in [0.4, 0.5) is 0 Å². The molecule has 0 fully saturated rings. The first-order chi connectivity index (χ1) is 6.68. The molecule has 0 bridgehead atoms. The Morgan fingerprint density at radius 2 is 2.14 bits per heavy atom. The predicted molar refractivity (Wildman–Crippen MR) is 52.3 cm³/mol. The van der Waals surface area contributed by atoms with Gasteiger partial charge >= 0.3 is 0 Å². The topological polar surface area (TPSA) is 40.1 Å². The zero-order valence-corrected chi connectivity index (χ0v) is 7.99. The van der Waals surface area contributed by atoms with Crippen molar-refractivity contribution < 1.29 is 9.90 Å². The molecule has 1 aliphatic carbocycles. The molecule has 0 N–H and O–H groups in total. The summed E-state index contributed by atoms with van der Waals surface area (Å²) in [6, 6.07) is 7.86. The molecule has 0 saturated heterocycles. The van der Waals surface area contributed by atoms with Crippen LogP contribution >= 0.6 is 0 Å². The normalized spacial score (nSPS) is 19.8. The molecule has 0 aromatic heterocycles. The van der Waals surface area contributed by atoms with Crippen LogP contribution in [0.2, 0.25) is 0 Å². The monoisotopic (exact) mass is 187 g/mol. The van der Waals surface area contributed by atoms with Crippen LogP contribution in [0.1, 0.15) is 18.1 Å². The standard InChI is InChI=1S/C12H12O2/c1-8-6-9-4-2-3-5-10(9)7-11(8)12(13)14/h2-5,7-8H,6H2,1H3,(H,13,14)/p-1/t8-/m1/s1. The molecule has 14 heavy (non-hydrogen) atoms. The largest absolute Gasteiger partial charge is 0.545 e. The number of benzene rings is 1. The summed E-state index contributed by atoms with van der Waals surface area (Å²) >= 11 is 0. The Balaban J connectivity index is 2.49. The minimum atomic E-state index is -1.05. The van der Waals surface area contributed by atoms with Crippen LogP contribution in [0.3, 0.4) is 0 Å². The highest BCUT2D eigenvalue weighted by atomic mass is 16.4. The molecule has 0 aliphatic heterocycles. The Hall–Kier alpha value is -1.57. The predicted octanol–water partition coefficient (Wildman–Crippen LogP) is 1.01. The van der Waals surface area contributed by atoms with Crippen LogP contribution in [0, 0.1) is 5.92 Å². The number of carboxylic acid groups (broad SMARTS) is 1. The number of carboxylic acids is 1. The Morgan fingerprint density at radius 1 is 1.43 bits per heavy atom. The van der Waals surface area contributed by atoms with Crippen molar-refractivity contribution in [2.45, 2.75) is 13.3 Å². The third kappa shape index (κ3) is 1.43. The summed E-state index contributed by atoms with van der Waals surface area (Å²) in [6.07, 6.45) is 2.51. The van der Waals surface area contributed by atoms with Gasteiger partial charge in [0.15, 0.2) is 0 Å². The molecule has 72 valence electrons. The number of hydrogen-bond donors (Lipinski definition) is 0. The summed E-state index contributed by atoms with van der Waals surface area (Å²) in [7, 11) is 0. The maximum Gasteiger partial charge on any atom is 0.0677 e. The quantitative estimate of drug-likeness (QED) is 0.658. The second-order valence-electron chi connectivity index (χ2n) is 3.69. The van der Waals surface area contributed by atoms with E-state index in [1.807, 2.05) is 31.2 Å². The highest BCUT2D eigenvalue weighted by Crippen LogP contribution is 2.27. The van der Waals surface area contributed by atoms with Gasteiger partial charge in [-0.15, -0.1) is 0 Å². The fourth-order valence-electron chi connectivity index (χ4n) is 1.87. The van der Waals surface area contributed by atoms with Gasteiger partial charge in [0.1, 0.15) is 0 Å². The van der Waals surface area contributed by atoms with Crippen LogP contribution in [0.15, 0.2) is 29.8 Å². The van der Waals surface area contributed by atoms with E-state index in [-0.39, 0.29) is 5.92 Å². The van der Waals surface area contributed by atoms with Crippen molar-refractivity contribution >= 4 is 12.0 Å². The highest BCUT2D eigenvalue weighted by molar-refractivity contribution is 5.92. The average molecular weight is 187 g/mol. The van der Waals surface area contributed by atoms with Crippen LogP contribution in [-0.2, 0) is 11.2 Å². The highest BCUT2D eigenvalue weighted by Gasteiger charge is 2.17. The molecular formula is C12H11O2-. The summed E-state index contributed by atoms with van der Waals surface area (Å²) in [5.74, 6) is -0.998. The summed E-state index contributed by atoms with van der Waals surface area (Å²) in [5, 5.41) is 10.8. The zero-order chi connectivity index (χ0) is 10.1. The molecule has 2 nitrogen and oxygen atoms in total. The molecule has 2 rings (SSSR count). The van der Waals surface area contributed by atoms with Crippen molar-refractivity contribution in [3.8, 4) is 0 Å². The van der Waals surface area contributed by atoms with Crippen molar-refractivity contribution in [2.75, 3.05) is 0 Å². The van der Waals surface area contributed by atoms with Gasteiger partial charge < -0.3 is 9.90 Å². The Kier molecular flexibility index (Phi) is 2.12. The number of aliphatic carboxylic acids is 1. The van der Waals surface area contributed by atoms with Gasteiger partial charge in [0.2, 0.25) is 0 Å². The molecule has 0 heterocycles. The van der Waals surface area contributed by atoms with Crippen LogP contribution in [0.25, 0.3) is 6.08 Å². The molecule has 0 amide bonds. The summed E-state index contributed by atoms with van der Waals surface area (Å²) < 4.78 is 0. The fourth-order valence-corrected chi connectivity index (χ4v) is 1.87. The number of fused-ring (bicyclic) bond motifs is 1. The Labute approximate surface area is 82.9 Å². The number of carbonyl (C=O) groups excluding carboxylic acids is 1. The Morgan fingerprint density at radius 3 is 2.86 bits per heavy atom. The van der Waals surface area contributed by atoms with Gasteiger partial charge in [-0.05, 0) is 35.1 Å². The van der Waals surface area contributed by atoms with Crippen LogP contribution in [0.5, 0.6) is 0 Å². The van der Waals surface area contributed by atoms with Gasteiger partial charge in [-0.3, -0.25) is 0 Å². The molecule has 0 spiro atoms. The van der Waals surface area contributed by atoms with Crippen molar-refractivity contribution in [1.82, 2.24) is 0 Å². The molecule has 0 radical (unpaired) electrons. The van der Waals surface area contributed by atoms with Crippen LogP contribution < -0.4 is 5.11 Å². The third-order valence-electron chi connectivity index (χ3n) is 2.66. The summed E-state index contributed by atoms with van der Waals surface area (Å²) in [5.41, 5.74) is 2.62. The molecule has 0 saturated carbocycles. The molecule has 0 unspecified atom stereocenters.